The smallest absolute Gasteiger partial charge is 0.310 e. The van der Waals surface area contributed by atoms with E-state index < -0.39 is 11.4 Å². The van der Waals surface area contributed by atoms with Crippen LogP contribution in [0.4, 0.5) is 0 Å². The Labute approximate surface area is 112 Å². The molecular weight excluding hydrogens is 246 g/mol. The van der Waals surface area contributed by atoms with Gasteiger partial charge in [0.05, 0.1) is 11.5 Å². The van der Waals surface area contributed by atoms with Crippen LogP contribution in [0.3, 0.4) is 0 Å². The third kappa shape index (κ3) is 2.63. The zero-order valence-electron chi connectivity index (χ0n) is 11.3. The van der Waals surface area contributed by atoms with Gasteiger partial charge in [-0.3, -0.25) is 4.79 Å². The van der Waals surface area contributed by atoms with Crippen LogP contribution in [-0.4, -0.2) is 65.6 Å². The van der Waals surface area contributed by atoms with Gasteiger partial charge in [-0.15, -0.1) is 4.95 Å². The van der Waals surface area contributed by atoms with Crippen LogP contribution < -0.4 is 5.32 Å². The number of hydrogen-bond acceptors (Lipinski definition) is 3. The number of guanidine groups is 1. The highest BCUT2D eigenvalue weighted by atomic mass is 16.4. The predicted molar refractivity (Wildman–Crippen MR) is 70.4 cm³/mol. The lowest BCUT2D eigenvalue weighted by molar-refractivity contribution is -0.147. The molecule has 2 saturated heterocycles. The van der Waals surface area contributed by atoms with E-state index >= 15 is 0 Å². The maximum atomic E-state index is 11.2. The molecule has 0 spiro atoms. The monoisotopic (exact) mass is 265 g/mol. The highest BCUT2D eigenvalue weighted by molar-refractivity contribution is 5.84. The molecule has 0 aromatic heterocycles. The number of fused-ring (bicyclic) bond motifs is 1. The van der Waals surface area contributed by atoms with Gasteiger partial charge < -0.3 is 20.2 Å². The minimum Gasteiger partial charge on any atom is -0.481 e. The van der Waals surface area contributed by atoms with Gasteiger partial charge in [-0.2, -0.15) is 6.57 Å². The lowest BCUT2D eigenvalue weighted by Gasteiger charge is -2.29. The molecule has 0 aliphatic carbocycles. The second-order valence-electron chi connectivity index (χ2n) is 5.62. The van der Waals surface area contributed by atoms with Crippen molar-refractivity contribution >= 4 is 11.9 Å². The van der Waals surface area contributed by atoms with Gasteiger partial charge in [0.2, 0.25) is 0 Å². The molecule has 19 heavy (non-hydrogen) atoms. The van der Waals surface area contributed by atoms with Crippen molar-refractivity contribution in [1.82, 2.24) is 15.1 Å². The van der Waals surface area contributed by atoms with Crippen LogP contribution in [0.5, 0.6) is 0 Å². The van der Waals surface area contributed by atoms with E-state index in [1.807, 2.05) is 4.90 Å². The van der Waals surface area contributed by atoms with Crippen molar-refractivity contribution in [3.63, 3.8) is 0 Å². The van der Waals surface area contributed by atoms with Crippen molar-refractivity contribution in [2.75, 3.05) is 32.7 Å². The number of nitrogens with one attached hydrogen (secondary N) is 1. The Morgan fingerprint density at radius 2 is 2.42 bits per heavy atom. The number of aliphatic carboxylic acids is 1. The van der Waals surface area contributed by atoms with Crippen molar-refractivity contribution in [3.05, 3.63) is 11.5 Å². The summed E-state index contributed by atoms with van der Waals surface area (Å²) in [6, 6.07) is 0.277. The van der Waals surface area contributed by atoms with Gasteiger partial charge in [0.15, 0.2) is 0 Å². The predicted octanol–water partition coefficient (Wildman–Crippen LogP) is -0.123. The van der Waals surface area contributed by atoms with Crippen molar-refractivity contribution in [1.29, 1.82) is 0 Å². The summed E-state index contributed by atoms with van der Waals surface area (Å²) in [5, 5.41) is 16.4. The minimum absolute atomic E-state index is 0.277. The Morgan fingerprint density at radius 3 is 3.05 bits per heavy atom. The molecule has 1 atom stereocenters. The Morgan fingerprint density at radius 1 is 1.68 bits per heavy atom. The molecule has 0 aromatic carbocycles. The molecule has 2 aliphatic heterocycles. The van der Waals surface area contributed by atoms with E-state index in [-0.39, 0.29) is 6.04 Å². The molecule has 0 radical (unpaired) electrons. The quantitative estimate of drug-likeness (QED) is 0.550. The number of nitrogens with zero attached hydrogens (tertiary/aromatic N) is 4. The summed E-state index contributed by atoms with van der Waals surface area (Å²) in [7, 11) is 0. The van der Waals surface area contributed by atoms with Gasteiger partial charge in [-0.25, -0.2) is 0 Å². The summed E-state index contributed by atoms with van der Waals surface area (Å²) < 4.78 is 0. The Kier molecular flexibility index (Phi) is 3.62. The van der Waals surface area contributed by atoms with Crippen LogP contribution in [0.25, 0.3) is 4.95 Å². The van der Waals surface area contributed by atoms with E-state index in [1.165, 1.54) is 0 Å². The molecule has 1 unspecified atom stereocenters. The largest absolute Gasteiger partial charge is 0.481 e. The lowest BCUT2D eigenvalue weighted by Crippen LogP contribution is -2.50. The maximum Gasteiger partial charge on any atom is 0.310 e. The second-order valence-corrected chi connectivity index (χ2v) is 5.62. The highest BCUT2D eigenvalue weighted by Gasteiger charge is 2.42. The molecule has 2 heterocycles. The SMILES string of the molecule is [C-]#[N+]N=C1N(CC(C)(C)C(=O)O)CC2CNCCN12. The van der Waals surface area contributed by atoms with Gasteiger partial charge >= 0.3 is 5.97 Å². The van der Waals surface area contributed by atoms with Gasteiger partial charge in [0.1, 0.15) is 5.10 Å². The second kappa shape index (κ2) is 5.05. The van der Waals surface area contributed by atoms with Gasteiger partial charge in [0, 0.05) is 32.7 Å². The number of carbonyl (C=O) groups is 1. The summed E-state index contributed by atoms with van der Waals surface area (Å²) in [6.45, 7) is 13.9. The molecule has 104 valence electrons. The fourth-order valence-electron chi connectivity index (χ4n) is 2.55. The average molecular weight is 265 g/mol. The first-order valence-electron chi connectivity index (χ1n) is 6.36. The third-order valence-corrected chi connectivity index (χ3v) is 3.63. The zero-order valence-corrected chi connectivity index (χ0v) is 11.3. The van der Waals surface area contributed by atoms with E-state index in [0.717, 1.165) is 26.2 Å². The van der Waals surface area contributed by atoms with E-state index in [4.69, 9.17) is 6.57 Å². The molecule has 2 N–H and O–H groups in total. The van der Waals surface area contributed by atoms with Crippen LogP contribution >= 0.6 is 0 Å². The summed E-state index contributed by atoms with van der Waals surface area (Å²) in [4.78, 5) is 18.4. The zero-order chi connectivity index (χ0) is 14.0. The average Bonchev–Trinajstić information content (AvgIpc) is 2.67. The summed E-state index contributed by atoms with van der Waals surface area (Å²) in [6.07, 6.45) is 0. The molecule has 2 rings (SSSR count). The van der Waals surface area contributed by atoms with Crippen LogP contribution in [0.2, 0.25) is 0 Å². The minimum atomic E-state index is -0.856. The summed E-state index contributed by atoms with van der Waals surface area (Å²) in [5.74, 6) is -0.214. The summed E-state index contributed by atoms with van der Waals surface area (Å²) >= 11 is 0. The van der Waals surface area contributed by atoms with E-state index in [9.17, 15) is 9.90 Å². The topological polar surface area (TPSA) is 72.5 Å². The van der Waals surface area contributed by atoms with E-state index in [0.29, 0.717) is 12.5 Å². The lowest BCUT2D eigenvalue weighted by atomic mass is 9.93. The molecule has 0 saturated carbocycles. The van der Waals surface area contributed by atoms with E-state index in [1.54, 1.807) is 13.8 Å². The van der Waals surface area contributed by atoms with Crippen molar-refractivity contribution in [2.24, 2.45) is 10.5 Å². The maximum absolute atomic E-state index is 11.2. The number of hydrogen-bond donors (Lipinski definition) is 2. The van der Waals surface area contributed by atoms with E-state index in [2.05, 4.69) is 20.3 Å². The Hall–Kier alpha value is -1.81. The first-order valence-corrected chi connectivity index (χ1v) is 6.36. The number of rotatable bonds is 3. The Bertz CT molecular complexity index is 440. The molecule has 2 aliphatic rings. The number of piperazine rings is 1. The molecule has 0 bridgehead atoms. The molecule has 0 amide bonds. The first-order chi connectivity index (χ1) is 8.95. The van der Waals surface area contributed by atoms with Gasteiger partial charge in [-0.05, 0) is 13.8 Å². The van der Waals surface area contributed by atoms with Gasteiger partial charge in [0.25, 0.3) is 5.96 Å². The first kappa shape index (κ1) is 13.6. The Balaban J connectivity index is 2.18. The van der Waals surface area contributed by atoms with Crippen molar-refractivity contribution < 1.29 is 9.90 Å². The third-order valence-electron chi connectivity index (χ3n) is 3.63. The van der Waals surface area contributed by atoms with Crippen LogP contribution in [0, 0.1) is 12.0 Å². The standard InChI is InChI=1S/C12H19N5O2/c1-12(2,10(18)19)8-16-7-9-6-14-4-5-17(9)11(16)15-13-3/h9,14H,4-8H2,1-2H3,(H,18,19). The molecule has 2 fully saturated rings. The van der Waals surface area contributed by atoms with Crippen molar-refractivity contribution in [2.45, 2.75) is 19.9 Å². The molecular formula is C12H19N5O2. The van der Waals surface area contributed by atoms with Crippen LogP contribution in [0.15, 0.2) is 5.10 Å². The fraction of sp³-hybridized carbons (Fsp3) is 0.750. The number of carboxylic acids is 1. The van der Waals surface area contributed by atoms with Crippen molar-refractivity contribution in [3.8, 4) is 0 Å². The molecule has 7 heteroatoms. The number of carboxylic acid groups (broad SMARTS) is 1. The summed E-state index contributed by atoms with van der Waals surface area (Å²) in [5.41, 5.74) is -0.856. The normalized spacial score (nSPS) is 25.3. The molecule has 7 nitrogen and oxygen atoms in total. The van der Waals surface area contributed by atoms with Crippen LogP contribution in [0.1, 0.15) is 13.8 Å². The highest BCUT2D eigenvalue weighted by Crippen LogP contribution is 2.24. The van der Waals surface area contributed by atoms with Gasteiger partial charge in [-0.1, -0.05) is 0 Å². The van der Waals surface area contributed by atoms with Crippen LogP contribution in [-0.2, 0) is 4.79 Å². The fourth-order valence-corrected chi connectivity index (χ4v) is 2.55. The molecule has 0 aromatic rings.